The molecule has 1 aromatic heterocycles. The van der Waals surface area contributed by atoms with E-state index in [2.05, 4.69) is 40.6 Å². The number of benzene rings is 1. The molecule has 1 aromatic carbocycles. The van der Waals surface area contributed by atoms with Gasteiger partial charge in [-0.25, -0.2) is 0 Å². The number of para-hydroxylation sites is 1. The molecule has 0 bridgehead atoms. The number of hydrogen-bond acceptors (Lipinski definition) is 2. The van der Waals surface area contributed by atoms with Gasteiger partial charge in [-0.2, -0.15) is 0 Å². The second-order valence-electron chi connectivity index (χ2n) is 6.22. The summed E-state index contributed by atoms with van der Waals surface area (Å²) in [5, 5.41) is 6.42. The number of hydrogen-bond donors (Lipinski definition) is 2. The largest absolute Gasteiger partial charge is 0.350 e. The summed E-state index contributed by atoms with van der Waals surface area (Å²) in [6.07, 6.45) is 5.85. The van der Waals surface area contributed by atoms with Crippen molar-refractivity contribution in [3.63, 3.8) is 0 Å². The van der Waals surface area contributed by atoms with Crippen LogP contribution in [-0.2, 0) is 0 Å². The van der Waals surface area contributed by atoms with E-state index in [1.807, 2.05) is 11.8 Å². The first-order chi connectivity index (χ1) is 9.90. The molecule has 0 unspecified atom stereocenters. The molecule has 0 spiro atoms. The van der Waals surface area contributed by atoms with Gasteiger partial charge < -0.3 is 10.3 Å². The fraction of sp³-hybridized carbons (Fsp3) is 0.529. The van der Waals surface area contributed by atoms with Crippen LogP contribution in [0.25, 0.3) is 10.9 Å². The summed E-state index contributed by atoms with van der Waals surface area (Å²) in [7, 11) is 0. The fourth-order valence-corrected chi connectivity index (χ4v) is 3.97. The third-order valence-electron chi connectivity index (χ3n) is 4.50. The molecule has 2 aliphatic carbocycles. The van der Waals surface area contributed by atoms with Gasteiger partial charge in [-0.1, -0.05) is 18.2 Å². The van der Waals surface area contributed by atoms with Gasteiger partial charge in [0.05, 0.1) is 5.03 Å². The van der Waals surface area contributed by atoms with Crippen LogP contribution in [0.1, 0.15) is 25.7 Å². The van der Waals surface area contributed by atoms with Gasteiger partial charge in [-0.3, -0.25) is 0 Å². The highest BCUT2D eigenvalue weighted by atomic mass is 32.2. The number of aromatic amines is 1. The molecule has 106 valence electrons. The Bertz CT molecular complexity index is 538. The minimum Gasteiger partial charge on any atom is -0.350 e. The summed E-state index contributed by atoms with van der Waals surface area (Å²) >= 11 is 1.93. The van der Waals surface area contributed by atoms with E-state index in [-0.39, 0.29) is 0 Å². The Labute approximate surface area is 124 Å². The maximum atomic E-state index is 3.81. The molecule has 2 fully saturated rings. The predicted octanol–water partition coefficient (Wildman–Crippen LogP) is 4.04. The van der Waals surface area contributed by atoms with Crippen LogP contribution in [0.2, 0.25) is 0 Å². The van der Waals surface area contributed by atoms with Crippen molar-refractivity contribution in [1.82, 2.24) is 10.3 Å². The zero-order valence-electron chi connectivity index (χ0n) is 11.8. The fourth-order valence-electron chi connectivity index (χ4n) is 3.14. The Hall–Kier alpha value is -0.930. The molecule has 0 atom stereocenters. The first kappa shape index (κ1) is 12.8. The summed E-state index contributed by atoms with van der Waals surface area (Å²) < 4.78 is 0. The highest BCUT2D eigenvalue weighted by Gasteiger charge is 2.40. The Morgan fingerprint density at radius 1 is 1.15 bits per heavy atom. The second-order valence-corrected chi connectivity index (χ2v) is 7.36. The van der Waals surface area contributed by atoms with E-state index in [0.29, 0.717) is 0 Å². The van der Waals surface area contributed by atoms with Crippen LogP contribution in [-0.4, -0.2) is 23.3 Å². The minimum absolute atomic E-state index is 0.832. The molecule has 2 saturated carbocycles. The third kappa shape index (κ3) is 2.89. The van der Waals surface area contributed by atoms with Crippen molar-refractivity contribution in [2.75, 3.05) is 12.3 Å². The van der Waals surface area contributed by atoms with Crippen molar-refractivity contribution >= 4 is 22.7 Å². The molecule has 0 saturated heterocycles. The Balaban J connectivity index is 1.27. The van der Waals surface area contributed by atoms with Crippen molar-refractivity contribution in [2.45, 2.75) is 36.8 Å². The van der Waals surface area contributed by atoms with Crippen LogP contribution in [0, 0.1) is 11.8 Å². The third-order valence-corrected chi connectivity index (χ3v) is 5.44. The summed E-state index contributed by atoms with van der Waals surface area (Å²) in [6.45, 7) is 1.14. The minimum atomic E-state index is 0.832. The monoisotopic (exact) mass is 286 g/mol. The van der Waals surface area contributed by atoms with Crippen LogP contribution >= 0.6 is 11.8 Å². The van der Waals surface area contributed by atoms with Gasteiger partial charge in [0.15, 0.2) is 0 Å². The van der Waals surface area contributed by atoms with Gasteiger partial charge in [0, 0.05) is 29.2 Å². The number of fused-ring (bicyclic) bond motifs is 1. The van der Waals surface area contributed by atoms with Gasteiger partial charge in [0.25, 0.3) is 0 Å². The number of rotatable bonds is 7. The maximum Gasteiger partial charge on any atom is 0.0732 e. The topological polar surface area (TPSA) is 27.8 Å². The van der Waals surface area contributed by atoms with E-state index in [9.17, 15) is 0 Å². The molecular weight excluding hydrogens is 264 g/mol. The van der Waals surface area contributed by atoms with E-state index < -0.39 is 0 Å². The maximum absolute atomic E-state index is 3.81. The summed E-state index contributed by atoms with van der Waals surface area (Å²) in [5.41, 5.74) is 1.25. The van der Waals surface area contributed by atoms with Gasteiger partial charge in [0.2, 0.25) is 0 Å². The first-order valence-electron chi connectivity index (χ1n) is 7.84. The highest BCUT2D eigenvalue weighted by Crippen LogP contribution is 2.44. The number of thioether (sulfide) groups is 1. The van der Waals surface area contributed by atoms with Crippen molar-refractivity contribution in [3.05, 3.63) is 30.3 Å². The number of aromatic nitrogens is 1. The number of H-pyrrole nitrogens is 1. The Morgan fingerprint density at radius 3 is 2.60 bits per heavy atom. The van der Waals surface area contributed by atoms with Crippen molar-refractivity contribution < 1.29 is 0 Å². The average molecular weight is 286 g/mol. The molecule has 4 rings (SSSR count). The first-order valence-corrected chi connectivity index (χ1v) is 8.82. The molecule has 3 heteroatoms. The van der Waals surface area contributed by atoms with E-state index in [1.54, 1.807) is 0 Å². The quantitative estimate of drug-likeness (QED) is 0.594. The van der Waals surface area contributed by atoms with Crippen LogP contribution in [0.4, 0.5) is 0 Å². The molecule has 2 aliphatic rings. The van der Waals surface area contributed by atoms with Crippen LogP contribution in [0.15, 0.2) is 35.4 Å². The number of nitrogens with one attached hydrogen (secondary N) is 2. The van der Waals surface area contributed by atoms with Crippen molar-refractivity contribution in [3.8, 4) is 0 Å². The van der Waals surface area contributed by atoms with Crippen LogP contribution in [0.5, 0.6) is 0 Å². The van der Waals surface area contributed by atoms with Crippen LogP contribution in [0.3, 0.4) is 0 Å². The van der Waals surface area contributed by atoms with Gasteiger partial charge >= 0.3 is 0 Å². The molecule has 0 amide bonds. The Morgan fingerprint density at radius 2 is 1.90 bits per heavy atom. The average Bonchev–Trinajstić information content (AvgIpc) is 3.36. The lowest BCUT2D eigenvalue weighted by Gasteiger charge is -2.17. The molecule has 1 heterocycles. The zero-order valence-corrected chi connectivity index (χ0v) is 12.6. The second kappa shape index (κ2) is 5.45. The Kier molecular flexibility index (Phi) is 3.49. The molecular formula is C17H22N2S. The van der Waals surface area contributed by atoms with E-state index in [0.717, 1.165) is 30.2 Å². The van der Waals surface area contributed by atoms with Gasteiger partial charge in [0.1, 0.15) is 0 Å². The van der Waals surface area contributed by atoms with Crippen molar-refractivity contribution in [1.29, 1.82) is 0 Å². The smallest absolute Gasteiger partial charge is 0.0732 e. The van der Waals surface area contributed by atoms with E-state index >= 15 is 0 Å². The summed E-state index contributed by atoms with van der Waals surface area (Å²) in [5.74, 6) is 3.16. The van der Waals surface area contributed by atoms with Gasteiger partial charge in [-0.15, -0.1) is 11.8 Å². The summed E-state index contributed by atoms with van der Waals surface area (Å²) in [6, 6.07) is 11.6. The molecule has 2 nitrogen and oxygen atoms in total. The van der Waals surface area contributed by atoms with E-state index in [4.69, 9.17) is 0 Å². The normalized spacial score (nSPS) is 19.1. The lowest BCUT2D eigenvalue weighted by Crippen LogP contribution is -2.34. The zero-order chi connectivity index (χ0) is 13.4. The predicted molar refractivity (Wildman–Crippen MR) is 86.3 cm³/mol. The van der Waals surface area contributed by atoms with Crippen molar-refractivity contribution in [2.24, 2.45) is 11.8 Å². The molecule has 0 aliphatic heterocycles. The lowest BCUT2D eigenvalue weighted by atomic mass is 10.1. The molecule has 20 heavy (non-hydrogen) atoms. The molecule has 2 aromatic rings. The molecule has 0 radical (unpaired) electrons. The lowest BCUT2D eigenvalue weighted by molar-refractivity contribution is 0.429. The van der Waals surface area contributed by atoms with Gasteiger partial charge in [-0.05, 0) is 49.7 Å². The SMILES string of the molecule is c1ccc2[nH]c(SCCNC(C3CC3)C3CC3)cc2c1. The van der Waals surface area contributed by atoms with E-state index in [1.165, 1.54) is 41.6 Å². The highest BCUT2D eigenvalue weighted by molar-refractivity contribution is 7.99. The standard InChI is InChI=1S/C17H22N2S/c1-2-4-15-14(3-1)11-16(19-15)20-10-9-18-17(12-5-6-12)13-7-8-13/h1-4,11-13,17-19H,5-10H2. The van der Waals surface area contributed by atoms with Crippen LogP contribution < -0.4 is 5.32 Å². The summed E-state index contributed by atoms with van der Waals surface area (Å²) in [4.78, 5) is 3.49. The molecule has 2 N–H and O–H groups in total.